The first kappa shape index (κ1) is 14.3. The lowest BCUT2D eigenvalue weighted by atomic mass is 9.89. The predicted octanol–water partition coefficient (Wildman–Crippen LogP) is 2.22. The van der Waals surface area contributed by atoms with Gasteiger partial charge in [0.15, 0.2) is 0 Å². The van der Waals surface area contributed by atoms with Crippen LogP contribution in [0.5, 0.6) is 0 Å². The van der Waals surface area contributed by atoms with Crippen LogP contribution in [0.2, 0.25) is 0 Å². The van der Waals surface area contributed by atoms with Gasteiger partial charge in [0.25, 0.3) is 0 Å². The van der Waals surface area contributed by atoms with E-state index >= 15 is 0 Å². The van der Waals surface area contributed by atoms with Crippen molar-refractivity contribution in [1.29, 1.82) is 0 Å². The van der Waals surface area contributed by atoms with E-state index in [0.717, 1.165) is 25.6 Å². The molecule has 0 unspecified atom stereocenters. The third kappa shape index (κ3) is 3.69. The Hall–Kier alpha value is -0.120. The Bertz CT molecular complexity index is 247. The average Bonchev–Trinajstić information content (AvgIpc) is 2.32. The van der Waals surface area contributed by atoms with Gasteiger partial charge in [-0.25, -0.2) is 0 Å². The van der Waals surface area contributed by atoms with Crippen LogP contribution < -0.4 is 0 Å². The molecule has 1 spiro atoms. The van der Waals surface area contributed by atoms with Gasteiger partial charge in [0.1, 0.15) is 0 Å². The lowest BCUT2D eigenvalue weighted by Crippen LogP contribution is -2.57. The highest BCUT2D eigenvalue weighted by atomic mass is 16.5. The van der Waals surface area contributed by atoms with Gasteiger partial charge < -0.3 is 9.64 Å². The summed E-state index contributed by atoms with van der Waals surface area (Å²) in [6.07, 6.45) is 3.72. The van der Waals surface area contributed by atoms with E-state index < -0.39 is 0 Å². The molecule has 0 atom stereocenters. The Labute approximate surface area is 112 Å². The Morgan fingerprint density at radius 1 is 1.11 bits per heavy atom. The molecule has 106 valence electrons. The quantitative estimate of drug-likeness (QED) is 0.765. The Morgan fingerprint density at radius 2 is 1.83 bits per heavy atom. The summed E-state index contributed by atoms with van der Waals surface area (Å²) in [6, 6.07) is 0. The van der Waals surface area contributed by atoms with Crippen LogP contribution in [0.4, 0.5) is 0 Å². The molecule has 3 nitrogen and oxygen atoms in total. The summed E-state index contributed by atoms with van der Waals surface area (Å²) in [5.41, 5.74) is 0.178. The number of morpholine rings is 1. The summed E-state index contributed by atoms with van der Waals surface area (Å²) in [5, 5.41) is 0. The lowest BCUT2D eigenvalue weighted by Gasteiger charge is -2.47. The van der Waals surface area contributed by atoms with E-state index in [4.69, 9.17) is 4.74 Å². The minimum Gasteiger partial charge on any atom is -0.372 e. The van der Waals surface area contributed by atoms with E-state index in [9.17, 15) is 0 Å². The number of likely N-dealkylation sites (tertiary alicyclic amines) is 1. The summed E-state index contributed by atoms with van der Waals surface area (Å²) >= 11 is 0. The minimum atomic E-state index is 0.178. The maximum absolute atomic E-state index is 6.18. The molecule has 0 bridgehead atoms. The largest absolute Gasteiger partial charge is 0.372 e. The molecule has 2 aliphatic rings. The fraction of sp³-hybridized carbons (Fsp3) is 1.00. The van der Waals surface area contributed by atoms with Crippen LogP contribution in [-0.4, -0.2) is 61.3 Å². The number of ether oxygens (including phenoxy) is 1. The molecule has 0 aromatic carbocycles. The van der Waals surface area contributed by atoms with Crippen LogP contribution in [0.3, 0.4) is 0 Å². The van der Waals surface area contributed by atoms with Crippen molar-refractivity contribution < 1.29 is 4.74 Å². The van der Waals surface area contributed by atoms with Crippen LogP contribution in [0.1, 0.15) is 40.0 Å². The van der Waals surface area contributed by atoms with Crippen molar-refractivity contribution in [2.75, 3.05) is 45.9 Å². The fourth-order valence-corrected chi connectivity index (χ4v) is 3.40. The predicted molar refractivity (Wildman–Crippen MR) is 75.9 cm³/mol. The summed E-state index contributed by atoms with van der Waals surface area (Å²) in [6.45, 7) is 15.0. The molecule has 2 rings (SSSR count). The van der Waals surface area contributed by atoms with Gasteiger partial charge in [-0.15, -0.1) is 0 Å². The molecular weight excluding hydrogens is 224 g/mol. The molecule has 2 saturated heterocycles. The molecule has 0 radical (unpaired) electrons. The van der Waals surface area contributed by atoms with Gasteiger partial charge in [-0.2, -0.15) is 0 Å². The molecule has 18 heavy (non-hydrogen) atoms. The molecule has 0 amide bonds. The van der Waals surface area contributed by atoms with E-state index in [1.165, 1.54) is 45.4 Å². The molecular formula is C15H30N2O. The van der Waals surface area contributed by atoms with Crippen molar-refractivity contribution in [1.82, 2.24) is 9.80 Å². The first-order valence-corrected chi connectivity index (χ1v) is 7.72. The lowest BCUT2D eigenvalue weighted by molar-refractivity contribution is -0.137. The first-order chi connectivity index (χ1) is 8.63. The molecule has 0 aromatic heterocycles. The third-order valence-corrected chi connectivity index (χ3v) is 4.26. The van der Waals surface area contributed by atoms with E-state index in [1.807, 2.05) is 0 Å². The van der Waals surface area contributed by atoms with E-state index in [0.29, 0.717) is 0 Å². The van der Waals surface area contributed by atoms with Crippen molar-refractivity contribution in [3.63, 3.8) is 0 Å². The standard InChI is InChI=1S/C15H30N2O/c1-4-7-16-8-5-15(6-9-16)13-17(10-11-18-15)12-14(2)3/h14H,4-13H2,1-3H3. The zero-order valence-corrected chi connectivity index (χ0v) is 12.5. The number of nitrogens with zero attached hydrogens (tertiary/aromatic N) is 2. The van der Waals surface area contributed by atoms with Gasteiger partial charge in [0.2, 0.25) is 0 Å². The van der Waals surface area contributed by atoms with Crippen molar-refractivity contribution in [2.45, 2.75) is 45.6 Å². The normalized spacial score (nSPS) is 26.0. The maximum atomic E-state index is 6.18. The van der Waals surface area contributed by atoms with Crippen molar-refractivity contribution in [3.8, 4) is 0 Å². The number of hydrogen-bond donors (Lipinski definition) is 0. The smallest absolute Gasteiger partial charge is 0.0833 e. The van der Waals surface area contributed by atoms with E-state index in [1.54, 1.807) is 0 Å². The highest BCUT2D eigenvalue weighted by Gasteiger charge is 2.39. The van der Waals surface area contributed by atoms with Gasteiger partial charge in [-0.1, -0.05) is 20.8 Å². The second kappa shape index (κ2) is 6.36. The minimum absolute atomic E-state index is 0.178. The Morgan fingerprint density at radius 3 is 2.44 bits per heavy atom. The second-order valence-electron chi connectivity index (χ2n) is 6.50. The topological polar surface area (TPSA) is 15.7 Å². The highest BCUT2D eigenvalue weighted by Crippen LogP contribution is 2.30. The summed E-state index contributed by atoms with van der Waals surface area (Å²) in [5.74, 6) is 0.764. The summed E-state index contributed by atoms with van der Waals surface area (Å²) in [7, 11) is 0. The monoisotopic (exact) mass is 254 g/mol. The number of hydrogen-bond acceptors (Lipinski definition) is 3. The van der Waals surface area contributed by atoms with Crippen LogP contribution in [-0.2, 0) is 4.74 Å². The molecule has 0 aromatic rings. The van der Waals surface area contributed by atoms with Gasteiger partial charge in [0, 0.05) is 32.7 Å². The average molecular weight is 254 g/mol. The van der Waals surface area contributed by atoms with Crippen LogP contribution in [0.15, 0.2) is 0 Å². The van der Waals surface area contributed by atoms with Gasteiger partial charge >= 0.3 is 0 Å². The zero-order chi connectivity index (χ0) is 13.0. The van der Waals surface area contributed by atoms with E-state index in [-0.39, 0.29) is 5.60 Å². The SMILES string of the molecule is CCCN1CCC2(CC1)CN(CC(C)C)CCO2. The van der Waals surface area contributed by atoms with Crippen molar-refractivity contribution in [2.24, 2.45) is 5.92 Å². The third-order valence-electron chi connectivity index (χ3n) is 4.26. The highest BCUT2D eigenvalue weighted by molar-refractivity contribution is 4.92. The second-order valence-corrected chi connectivity index (χ2v) is 6.50. The van der Waals surface area contributed by atoms with Gasteiger partial charge in [-0.3, -0.25) is 4.90 Å². The Balaban J connectivity index is 1.84. The number of rotatable bonds is 4. The van der Waals surface area contributed by atoms with Crippen molar-refractivity contribution >= 4 is 0 Å². The molecule has 0 aliphatic carbocycles. The fourth-order valence-electron chi connectivity index (χ4n) is 3.40. The molecule has 0 saturated carbocycles. The van der Waals surface area contributed by atoms with Crippen molar-refractivity contribution in [3.05, 3.63) is 0 Å². The van der Waals surface area contributed by atoms with Crippen LogP contribution in [0.25, 0.3) is 0 Å². The molecule has 2 aliphatic heterocycles. The molecule has 2 heterocycles. The van der Waals surface area contributed by atoms with Crippen LogP contribution >= 0.6 is 0 Å². The number of piperidine rings is 1. The van der Waals surface area contributed by atoms with Crippen LogP contribution in [0, 0.1) is 5.92 Å². The van der Waals surface area contributed by atoms with Gasteiger partial charge in [-0.05, 0) is 31.7 Å². The van der Waals surface area contributed by atoms with Gasteiger partial charge in [0.05, 0.1) is 12.2 Å². The maximum Gasteiger partial charge on any atom is 0.0833 e. The zero-order valence-electron chi connectivity index (χ0n) is 12.5. The molecule has 3 heteroatoms. The molecule has 2 fully saturated rings. The van der Waals surface area contributed by atoms with E-state index in [2.05, 4.69) is 30.6 Å². The summed E-state index contributed by atoms with van der Waals surface area (Å²) < 4.78 is 6.18. The first-order valence-electron chi connectivity index (χ1n) is 7.72. The Kier molecular flexibility index (Phi) is 5.05. The summed E-state index contributed by atoms with van der Waals surface area (Å²) in [4.78, 5) is 5.21. The molecule has 0 N–H and O–H groups in total.